The van der Waals surface area contributed by atoms with Gasteiger partial charge in [0.15, 0.2) is 11.6 Å². The summed E-state index contributed by atoms with van der Waals surface area (Å²) in [5, 5.41) is 9.59. The molecule has 5 heteroatoms. The molecule has 0 bridgehead atoms. The van der Waals surface area contributed by atoms with Gasteiger partial charge in [0, 0.05) is 28.7 Å². The van der Waals surface area contributed by atoms with Crippen molar-refractivity contribution in [2.75, 3.05) is 26.3 Å². The van der Waals surface area contributed by atoms with Gasteiger partial charge in [-0.1, -0.05) is 33.3 Å². The monoisotopic (exact) mass is 412 g/mol. The molecular formula is C25H33FN2O2. The Morgan fingerprint density at radius 2 is 1.90 bits per heavy atom. The van der Waals surface area contributed by atoms with Crippen LogP contribution in [-0.2, 0) is 9.59 Å². The smallest absolute Gasteiger partial charge is 0.178 e. The second-order valence-electron chi connectivity index (χ2n) is 10.7. The van der Waals surface area contributed by atoms with E-state index in [0.717, 1.165) is 25.1 Å². The number of hydrogen-bond donors (Lipinski definition) is 0. The molecule has 0 radical (unpaired) electrons. The summed E-state index contributed by atoms with van der Waals surface area (Å²) in [4.78, 5) is 28.4. The predicted octanol–water partition coefficient (Wildman–Crippen LogP) is 4.42. The molecule has 1 heterocycles. The summed E-state index contributed by atoms with van der Waals surface area (Å²) in [6.07, 6.45) is 8.97. The first-order chi connectivity index (χ1) is 14.2. The minimum absolute atomic E-state index is 0.0352. The van der Waals surface area contributed by atoms with E-state index >= 15 is 0 Å². The van der Waals surface area contributed by atoms with E-state index in [2.05, 4.69) is 11.0 Å². The molecule has 0 N–H and O–H groups in total. The zero-order chi connectivity index (χ0) is 21.7. The quantitative estimate of drug-likeness (QED) is 0.688. The fourth-order valence-electron chi connectivity index (χ4n) is 7.01. The van der Waals surface area contributed by atoms with Crippen molar-refractivity contribution in [3.05, 3.63) is 23.3 Å². The molecule has 0 amide bonds. The van der Waals surface area contributed by atoms with E-state index in [0.29, 0.717) is 19.4 Å². The fourth-order valence-corrected chi connectivity index (χ4v) is 7.01. The fraction of sp³-hybridized carbons (Fsp3) is 0.720. The van der Waals surface area contributed by atoms with Gasteiger partial charge in [0.05, 0.1) is 12.2 Å². The average Bonchev–Trinajstić information content (AvgIpc) is 2.73. The zero-order valence-corrected chi connectivity index (χ0v) is 18.5. The minimum atomic E-state index is -0.703. The molecule has 1 saturated heterocycles. The number of carbonyl (C=O) groups excluding carboxylic acids is 2. The van der Waals surface area contributed by atoms with Crippen LogP contribution in [0.25, 0.3) is 0 Å². The maximum absolute atomic E-state index is 14.7. The highest BCUT2D eigenvalue weighted by Crippen LogP contribution is 2.64. The molecule has 1 aliphatic heterocycles. The number of rotatable bonds is 3. The van der Waals surface area contributed by atoms with Gasteiger partial charge in [-0.15, -0.1) is 0 Å². The molecule has 0 aromatic heterocycles. The minimum Gasteiger partial charge on any atom is -0.303 e. The van der Waals surface area contributed by atoms with Gasteiger partial charge in [0.25, 0.3) is 0 Å². The molecule has 1 saturated carbocycles. The standard InChI is InChI=1S/C25H33FN2O2/c1-23(2)20-7-8-25(16-26)13-18(15-28-9-5-4-6-10-28)19(29)11-21(25)24(20,3)12-17(14-27)22(23)30/h11-12,18,20H,4-10,13,15-16H2,1-3H3/t18-,20-,24?,25-/m0/s1. The number of nitriles is 1. The second-order valence-corrected chi connectivity index (χ2v) is 10.7. The molecule has 1 unspecified atom stereocenters. The summed E-state index contributed by atoms with van der Waals surface area (Å²) in [7, 11) is 0. The number of piperidine rings is 1. The molecule has 0 aromatic rings. The lowest BCUT2D eigenvalue weighted by Crippen LogP contribution is -2.56. The number of Topliss-reactive ketones (excluding diaryl/α,β-unsaturated/α-hetero) is 1. The Morgan fingerprint density at radius 3 is 2.53 bits per heavy atom. The highest BCUT2D eigenvalue weighted by atomic mass is 19.1. The number of carbonyl (C=O) groups is 2. The van der Waals surface area contributed by atoms with E-state index < -0.39 is 22.9 Å². The Labute approximate surface area is 179 Å². The van der Waals surface area contributed by atoms with Crippen molar-refractivity contribution < 1.29 is 14.0 Å². The van der Waals surface area contributed by atoms with E-state index in [9.17, 15) is 19.2 Å². The van der Waals surface area contributed by atoms with Crippen LogP contribution in [0.3, 0.4) is 0 Å². The molecule has 0 aromatic carbocycles. The van der Waals surface area contributed by atoms with E-state index in [4.69, 9.17) is 0 Å². The Kier molecular flexibility index (Phi) is 5.29. The van der Waals surface area contributed by atoms with Crippen molar-refractivity contribution >= 4 is 11.6 Å². The van der Waals surface area contributed by atoms with Gasteiger partial charge in [0.1, 0.15) is 6.07 Å². The van der Waals surface area contributed by atoms with Crippen LogP contribution in [0.2, 0.25) is 0 Å². The van der Waals surface area contributed by atoms with E-state index in [1.165, 1.54) is 19.3 Å². The van der Waals surface area contributed by atoms with Crippen molar-refractivity contribution in [2.45, 2.75) is 59.3 Å². The molecule has 4 nitrogen and oxygen atoms in total. The largest absolute Gasteiger partial charge is 0.303 e. The molecule has 4 atom stereocenters. The number of fused-ring (bicyclic) bond motifs is 3. The normalized spacial score (nSPS) is 38.8. The summed E-state index contributed by atoms with van der Waals surface area (Å²) in [5.74, 6) is -0.249. The van der Waals surface area contributed by atoms with Gasteiger partial charge in [-0.05, 0) is 62.8 Å². The summed E-state index contributed by atoms with van der Waals surface area (Å²) in [6, 6.07) is 2.07. The number of halogens is 1. The Bertz CT molecular complexity index is 861. The summed E-state index contributed by atoms with van der Waals surface area (Å²) in [6.45, 7) is 8.07. The highest BCUT2D eigenvalue weighted by Gasteiger charge is 2.60. The van der Waals surface area contributed by atoms with Crippen LogP contribution < -0.4 is 0 Å². The zero-order valence-electron chi connectivity index (χ0n) is 18.5. The third-order valence-electron chi connectivity index (χ3n) is 8.56. The van der Waals surface area contributed by atoms with Crippen molar-refractivity contribution in [2.24, 2.45) is 28.1 Å². The lowest BCUT2D eigenvalue weighted by Gasteiger charge is -2.58. The predicted molar refractivity (Wildman–Crippen MR) is 113 cm³/mol. The van der Waals surface area contributed by atoms with E-state index in [-0.39, 0.29) is 29.0 Å². The number of ketones is 2. The van der Waals surface area contributed by atoms with Crippen molar-refractivity contribution in [3.63, 3.8) is 0 Å². The average molecular weight is 413 g/mol. The molecule has 3 aliphatic carbocycles. The number of allylic oxidation sites excluding steroid dienone is 4. The molecule has 4 rings (SSSR count). The van der Waals surface area contributed by atoms with Crippen LogP contribution in [0.15, 0.2) is 23.3 Å². The van der Waals surface area contributed by atoms with Crippen LogP contribution in [0.1, 0.15) is 59.3 Å². The van der Waals surface area contributed by atoms with Gasteiger partial charge in [-0.25, -0.2) is 0 Å². The number of nitrogens with zero attached hydrogens (tertiary/aromatic N) is 2. The highest BCUT2D eigenvalue weighted by molar-refractivity contribution is 6.04. The van der Waals surface area contributed by atoms with Crippen molar-refractivity contribution in [1.29, 1.82) is 5.26 Å². The Morgan fingerprint density at radius 1 is 1.20 bits per heavy atom. The summed E-state index contributed by atoms with van der Waals surface area (Å²) in [5.41, 5.74) is -1.03. The van der Waals surface area contributed by atoms with Gasteiger partial charge in [0.2, 0.25) is 0 Å². The Balaban J connectivity index is 1.74. The first kappa shape index (κ1) is 21.4. The molecule has 0 spiro atoms. The molecule has 162 valence electrons. The van der Waals surface area contributed by atoms with Gasteiger partial charge in [-0.2, -0.15) is 5.26 Å². The van der Waals surface area contributed by atoms with Gasteiger partial charge >= 0.3 is 0 Å². The van der Waals surface area contributed by atoms with Crippen LogP contribution in [0, 0.1) is 39.4 Å². The summed E-state index contributed by atoms with van der Waals surface area (Å²) < 4.78 is 14.7. The first-order valence-corrected chi connectivity index (χ1v) is 11.4. The molecule has 2 fully saturated rings. The van der Waals surface area contributed by atoms with Crippen LogP contribution in [0.4, 0.5) is 4.39 Å². The Hall–Kier alpha value is -1.80. The topological polar surface area (TPSA) is 61.2 Å². The van der Waals surface area contributed by atoms with Crippen LogP contribution >= 0.6 is 0 Å². The second kappa shape index (κ2) is 7.41. The first-order valence-electron chi connectivity index (χ1n) is 11.4. The SMILES string of the molecule is CC1(C)C(=O)C(C#N)=CC2(C)C3=CC(=O)[C@H](CN4CCCCC4)C[C@]3(CF)CC[C@@H]12. The number of likely N-dealkylation sites (tertiary alicyclic amines) is 1. The van der Waals surface area contributed by atoms with E-state index in [1.807, 2.05) is 20.8 Å². The summed E-state index contributed by atoms with van der Waals surface area (Å²) >= 11 is 0. The lowest BCUT2D eigenvalue weighted by molar-refractivity contribution is -0.131. The van der Waals surface area contributed by atoms with E-state index in [1.54, 1.807) is 12.2 Å². The van der Waals surface area contributed by atoms with Crippen molar-refractivity contribution in [3.8, 4) is 6.07 Å². The number of hydrogen-bond acceptors (Lipinski definition) is 4. The third-order valence-corrected chi connectivity index (χ3v) is 8.56. The van der Waals surface area contributed by atoms with Gasteiger partial charge < -0.3 is 4.90 Å². The van der Waals surface area contributed by atoms with Gasteiger partial charge in [-0.3, -0.25) is 14.0 Å². The number of alkyl halides is 1. The molecular weight excluding hydrogens is 379 g/mol. The molecule has 30 heavy (non-hydrogen) atoms. The lowest BCUT2D eigenvalue weighted by atomic mass is 9.44. The maximum Gasteiger partial charge on any atom is 0.178 e. The van der Waals surface area contributed by atoms with Crippen LogP contribution in [0.5, 0.6) is 0 Å². The third kappa shape index (κ3) is 3.11. The maximum atomic E-state index is 14.7. The van der Waals surface area contributed by atoms with Crippen molar-refractivity contribution in [1.82, 2.24) is 4.90 Å². The molecule has 4 aliphatic rings. The van der Waals surface area contributed by atoms with Crippen LogP contribution in [-0.4, -0.2) is 42.8 Å².